The number of esters is 2. The van der Waals surface area contributed by atoms with Crippen LogP contribution in [-0.4, -0.2) is 58.4 Å². The van der Waals surface area contributed by atoms with Crippen molar-refractivity contribution in [2.45, 2.75) is 44.9 Å². The van der Waals surface area contributed by atoms with E-state index in [2.05, 4.69) is 35.4 Å². The summed E-state index contributed by atoms with van der Waals surface area (Å²) in [6, 6.07) is 19.3. The summed E-state index contributed by atoms with van der Waals surface area (Å²) in [6.07, 6.45) is 0.531. The van der Waals surface area contributed by atoms with Gasteiger partial charge in [0.1, 0.15) is 17.9 Å². The number of methoxy groups -OCH3 is 2. The monoisotopic (exact) mass is 642 g/mol. The number of rotatable bonds is 9. The van der Waals surface area contributed by atoms with Crippen LogP contribution in [0.5, 0.6) is 0 Å². The number of benzene rings is 2. The van der Waals surface area contributed by atoms with E-state index in [1.165, 1.54) is 14.2 Å². The smallest absolute Gasteiger partial charge is 0.313 e. The molecule has 2 aromatic carbocycles. The first kappa shape index (κ1) is 34.1. The van der Waals surface area contributed by atoms with Gasteiger partial charge in [0.05, 0.1) is 36.9 Å². The summed E-state index contributed by atoms with van der Waals surface area (Å²) in [6.45, 7) is 5.43. The topological polar surface area (TPSA) is 142 Å². The molecule has 4 aromatic rings. The molecule has 0 saturated carbocycles. The second-order valence-corrected chi connectivity index (χ2v) is 10.2. The number of aryl methyl sites for hydroxylation is 2. The van der Waals surface area contributed by atoms with E-state index in [1.807, 2.05) is 67.6 Å². The number of Topliss-reactive ketones (excluding diaryl/α,β-unsaturated/α-hetero) is 1. The highest BCUT2D eigenvalue weighted by molar-refractivity contribution is 9.10. The lowest BCUT2D eigenvalue weighted by atomic mass is 10.2. The van der Waals surface area contributed by atoms with E-state index in [9.17, 15) is 14.4 Å². The van der Waals surface area contributed by atoms with E-state index in [4.69, 9.17) is 13.9 Å². The summed E-state index contributed by atoms with van der Waals surface area (Å²) >= 11 is 3.04. The van der Waals surface area contributed by atoms with Gasteiger partial charge >= 0.3 is 11.9 Å². The zero-order valence-corrected chi connectivity index (χ0v) is 25.8. The maximum Gasteiger partial charge on any atom is 0.313 e. The molecule has 0 fully saturated rings. The Balaban J connectivity index is 0.000000228. The summed E-state index contributed by atoms with van der Waals surface area (Å²) in [5.41, 5.74) is 3.31. The van der Waals surface area contributed by atoms with Gasteiger partial charge in [-0.3, -0.25) is 14.4 Å². The third-order valence-electron chi connectivity index (χ3n) is 5.70. The Kier molecular flexibility index (Phi) is 14.3. The molecule has 224 valence electrons. The molecule has 10 nitrogen and oxygen atoms in total. The summed E-state index contributed by atoms with van der Waals surface area (Å²) in [5, 5.41) is 8.84. The number of hydrogen-bond acceptors (Lipinski definition) is 10. The number of ketones is 1. The largest absolute Gasteiger partial charge is 0.469 e. The van der Waals surface area contributed by atoms with Crippen LogP contribution >= 0.6 is 15.9 Å². The van der Waals surface area contributed by atoms with Gasteiger partial charge in [-0.05, 0) is 45.0 Å². The molecule has 1 unspecified atom stereocenters. The van der Waals surface area contributed by atoms with Crippen molar-refractivity contribution in [3.05, 3.63) is 83.6 Å². The lowest BCUT2D eigenvalue weighted by Crippen LogP contribution is -2.15. The molecule has 1 atom stereocenters. The van der Waals surface area contributed by atoms with Gasteiger partial charge in [0.2, 0.25) is 11.8 Å². The highest BCUT2D eigenvalue weighted by Gasteiger charge is 2.15. The van der Waals surface area contributed by atoms with Gasteiger partial charge in [0, 0.05) is 24.2 Å². The minimum absolute atomic E-state index is 0.0988. The maximum atomic E-state index is 11.2. The second-order valence-electron chi connectivity index (χ2n) is 8.84. The average Bonchev–Trinajstić information content (AvgIpc) is 3.56. The number of halogens is 1. The number of nitrogens with zero attached hydrogens (tertiary/aromatic N) is 2. The van der Waals surface area contributed by atoms with Gasteiger partial charge in [-0.15, -0.1) is 0 Å². The SMILES string of the molecule is COC(=O)CC(=O)C(C)Br.COC(=O)Cc1nc(-c2ccccc2)oc1C.Cc1oc(-c2ccccc2)nc1CCO. The van der Waals surface area contributed by atoms with Crippen molar-refractivity contribution in [2.24, 2.45) is 0 Å². The van der Waals surface area contributed by atoms with Crippen molar-refractivity contribution in [3.8, 4) is 22.9 Å². The lowest BCUT2D eigenvalue weighted by Gasteiger charge is -1.99. The van der Waals surface area contributed by atoms with Crippen LogP contribution in [0.15, 0.2) is 69.5 Å². The molecule has 0 radical (unpaired) electrons. The molecule has 42 heavy (non-hydrogen) atoms. The first-order valence-electron chi connectivity index (χ1n) is 13.0. The third-order valence-corrected chi connectivity index (χ3v) is 6.22. The van der Waals surface area contributed by atoms with Crippen LogP contribution in [0.1, 0.15) is 36.3 Å². The summed E-state index contributed by atoms with van der Waals surface area (Å²) in [4.78, 5) is 40.8. The molecule has 2 heterocycles. The Bertz CT molecular complexity index is 1420. The zero-order valence-electron chi connectivity index (χ0n) is 24.3. The molecule has 2 aromatic heterocycles. The number of carbonyl (C=O) groups is 3. The Morgan fingerprint density at radius 2 is 1.26 bits per heavy atom. The van der Waals surface area contributed by atoms with Gasteiger partial charge in [-0.1, -0.05) is 52.3 Å². The molecular formula is C31H35BrN2O8. The lowest BCUT2D eigenvalue weighted by molar-refractivity contribution is -0.143. The normalized spacial score (nSPS) is 10.8. The van der Waals surface area contributed by atoms with Gasteiger partial charge in [-0.2, -0.15) is 0 Å². The van der Waals surface area contributed by atoms with Crippen LogP contribution < -0.4 is 0 Å². The van der Waals surface area contributed by atoms with Crippen LogP contribution in [-0.2, 0) is 36.7 Å². The van der Waals surface area contributed by atoms with Gasteiger partial charge in [-0.25, -0.2) is 9.97 Å². The zero-order chi connectivity index (χ0) is 31.1. The van der Waals surface area contributed by atoms with Crippen molar-refractivity contribution >= 4 is 33.7 Å². The van der Waals surface area contributed by atoms with Crippen LogP contribution in [0.25, 0.3) is 22.9 Å². The second kappa shape index (κ2) is 17.7. The molecule has 11 heteroatoms. The molecule has 0 spiro atoms. The highest BCUT2D eigenvalue weighted by atomic mass is 79.9. The molecule has 0 amide bonds. The predicted molar refractivity (Wildman–Crippen MR) is 160 cm³/mol. The molecule has 0 aliphatic heterocycles. The van der Waals surface area contributed by atoms with Crippen molar-refractivity contribution in [3.63, 3.8) is 0 Å². The maximum absolute atomic E-state index is 11.2. The van der Waals surface area contributed by atoms with Gasteiger partial charge in [0.15, 0.2) is 5.78 Å². The number of hydrogen-bond donors (Lipinski definition) is 1. The van der Waals surface area contributed by atoms with Crippen molar-refractivity contribution in [2.75, 3.05) is 20.8 Å². The molecule has 0 bridgehead atoms. The van der Waals surface area contributed by atoms with E-state index in [0.29, 0.717) is 29.7 Å². The van der Waals surface area contributed by atoms with Crippen LogP contribution in [0, 0.1) is 13.8 Å². The van der Waals surface area contributed by atoms with E-state index in [0.717, 1.165) is 22.6 Å². The fraction of sp³-hybridized carbons (Fsp3) is 0.323. The number of ether oxygens (including phenoxy) is 2. The Hall–Kier alpha value is -4.09. The Morgan fingerprint density at radius 3 is 1.69 bits per heavy atom. The van der Waals surface area contributed by atoms with Crippen LogP contribution in [0.3, 0.4) is 0 Å². The molecule has 0 saturated heterocycles. The number of aliphatic hydroxyl groups excluding tert-OH is 1. The minimum atomic E-state index is -0.490. The molecule has 1 N–H and O–H groups in total. The summed E-state index contributed by atoms with van der Waals surface area (Å²) in [7, 11) is 2.62. The van der Waals surface area contributed by atoms with Gasteiger partial charge in [0.25, 0.3) is 0 Å². The number of aliphatic hydroxyl groups is 1. The summed E-state index contributed by atoms with van der Waals surface area (Å²) in [5.74, 6) is 1.61. The van der Waals surface area contributed by atoms with E-state index in [1.54, 1.807) is 13.8 Å². The van der Waals surface area contributed by atoms with Gasteiger partial charge < -0.3 is 23.4 Å². The van der Waals surface area contributed by atoms with Crippen LogP contribution in [0.4, 0.5) is 0 Å². The average molecular weight is 644 g/mol. The standard InChI is InChI=1S/C13H13NO3.C12H13NO2.C6H9BrO3/c1-9-11(8-12(15)16-2)14-13(17-9)10-6-4-3-5-7-10;1-9-11(7-8-14)13-12(15-9)10-5-3-2-4-6-10;1-4(7)5(8)3-6(9)10-2/h3-7H,8H2,1-2H3;2-6,14H,7-8H2,1H3;4H,3H2,1-2H3. The molecule has 4 rings (SSSR count). The molecule has 0 aliphatic carbocycles. The third kappa shape index (κ3) is 11.1. The van der Waals surface area contributed by atoms with Crippen LogP contribution in [0.2, 0.25) is 0 Å². The number of alkyl halides is 1. The predicted octanol–water partition coefficient (Wildman–Crippen LogP) is 5.45. The van der Waals surface area contributed by atoms with Crippen molar-refractivity contribution < 1.29 is 37.8 Å². The number of carbonyl (C=O) groups excluding carboxylic acids is 3. The fourth-order valence-electron chi connectivity index (χ4n) is 3.33. The van der Waals surface area contributed by atoms with E-state index >= 15 is 0 Å². The molecular weight excluding hydrogens is 608 g/mol. The fourth-order valence-corrected chi connectivity index (χ4v) is 3.49. The highest BCUT2D eigenvalue weighted by Crippen LogP contribution is 2.22. The van der Waals surface area contributed by atoms with Crippen molar-refractivity contribution in [1.29, 1.82) is 0 Å². The Morgan fingerprint density at radius 1 is 0.810 bits per heavy atom. The number of oxazole rings is 2. The first-order valence-corrected chi connectivity index (χ1v) is 14.0. The van der Waals surface area contributed by atoms with E-state index in [-0.39, 0.29) is 36.0 Å². The van der Waals surface area contributed by atoms with E-state index < -0.39 is 5.97 Å². The number of aromatic nitrogens is 2. The summed E-state index contributed by atoms with van der Waals surface area (Å²) < 4.78 is 20.0. The first-order chi connectivity index (χ1) is 20.1. The quantitative estimate of drug-likeness (QED) is 0.142. The Labute approximate surface area is 253 Å². The molecule has 0 aliphatic rings. The van der Waals surface area contributed by atoms with Crippen molar-refractivity contribution in [1.82, 2.24) is 9.97 Å². The minimum Gasteiger partial charge on any atom is -0.469 e.